The number of anilines is 2. The fraction of sp³-hybridized carbons (Fsp3) is 0.615. The highest BCUT2D eigenvalue weighted by atomic mass is 16.5. The Morgan fingerprint density at radius 2 is 2.18 bits per heavy atom. The van der Waals surface area contributed by atoms with Crippen molar-refractivity contribution in [2.75, 3.05) is 30.8 Å². The summed E-state index contributed by atoms with van der Waals surface area (Å²) in [6.45, 7) is 6.90. The van der Waals surface area contributed by atoms with Crippen molar-refractivity contribution in [1.82, 2.24) is 4.98 Å². The molecule has 1 fully saturated rings. The van der Waals surface area contributed by atoms with Crippen molar-refractivity contribution < 1.29 is 4.74 Å². The molecule has 0 aromatic carbocycles. The highest BCUT2D eigenvalue weighted by molar-refractivity contribution is 5.64. The average molecular weight is 235 g/mol. The van der Waals surface area contributed by atoms with E-state index in [0.29, 0.717) is 0 Å². The number of pyridine rings is 1. The van der Waals surface area contributed by atoms with Crippen LogP contribution in [0.5, 0.6) is 0 Å². The van der Waals surface area contributed by atoms with Crippen LogP contribution in [0.25, 0.3) is 0 Å². The van der Waals surface area contributed by atoms with E-state index < -0.39 is 0 Å². The molecule has 1 aromatic rings. The first-order valence-electron chi connectivity index (χ1n) is 6.13. The zero-order chi connectivity index (χ0) is 12.3. The molecule has 0 atom stereocenters. The van der Waals surface area contributed by atoms with E-state index >= 15 is 0 Å². The van der Waals surface area contributed by atoms with E-state index in [9.17, 15) is 0 Å². The lowest BCUT2D eigenvalue weighted by atomic mass is 9.82. The number of aryl methyl sites for hydroxylation is 1. The van der Waals surface area contributed by atoms with Crippen LogP contribution >= 0.6 is 0 Å². The van der Waals surface area contributed by atoms with Gasteiger partial charge in [0.05, 0.1) is 5.69 Å². The number of rotatable bonds is 3. The quantitative estimate of drug-likeness (QED) is 0.843. The fourth-order valence-corrected chi connectivity index (χ4v) is 2.05. The molecule has 2 heterocycles. The summed E-state index contributed by atoms with van der Waals surface area (Å²) in [5.74, 6) is 0.803. The van der Waals surface area contributed by atoms with Gasteiger partial charge in [0.25, 0.3) is 0 Å². The average Bonchev–Trinajstić information content (AvgIpc) is 2.32. The molecule has 4 nitrogen and oxygen atoms in total. The van der Waals surface area contributed by atoms with Crippen molar-refractivity contribution in [3.05, 3.63) is 17.8 Å². The molecule has 1 aliphatic rings. The Morgan fingerprint density at radius 1 is 1.47 bits per heavy atom. The Hall–Kier alpha value is -1.29. The number of nitrogens with one attached hydrogen (secondary N) is 1. The second kappa shape index (κ2) is 4.92. The van der Waals surface area contributed by atoms with E-state index in [2.05, 4.69) is 17.2 Å². The van der Waals surface area contributed by atoms with Gasteiger partial charge in [-0.2, -0.15) is 0 Å². The second-order valence-electron chi connectivity index (χ2n) is 5.17. The standard InChI is InChI=1S/C13H21N3O/c1-10-3-6-15-12(11(10)14)16-9-13(2)4-7-17-8-5-13/h3,6H,4-5,7-9,14H2,1-2H3,(H,15,16). The molecule has 0 amide bonds. The topological polar surface area (TPSA) is 60.2 Å². The van der Waals surface area contributed by atoms with Crippen molar-refractivity contribution in [1.29, 1.82) is 0 Å². The third kappa shape index (κ3) is 2.88. The van der Waals surface area contributed by atoms with E-state index in [1.165, 1.54) is 0 Å². The maximum atomic E-state index is 5.99. The van der Waals surface area contributed by atoms with Crippen LogP contribution in [0.2, 0.25) is 0 Å². The van der Waals surface area contributed by atoms with E-state index in [-0.39, 0.29) is 5.41 Å². The van der Waals surface area contributed by atoms with Gasteiger partial charge in [-0.25, -0.2) is 4.98 Å². The van der Waals surface area contributed by atoms with Gasteiger partial charge in [0.1, 0.15) is 5.82 Å². The predicted octanol–water partition coefficient (Wildman–Crippen LogP) is 2.20. The first kappa shape index (κ1) is 12.2. The van der Waals surface area contributed by atoms with Gasteiger partial charge >= 0.3 is 0 Å². The Balaban J connectivity index is 1.99. The summed E-state index contributed by atoms with van der Waals surface area (Å²) in [5.41, 5.74) is 8.10. The van der Waals surface area contributed by atoms with Crippen LogP contribution in [0.1, 0.15) is 25.3 Å². The summed E-state index contributed by atoms with van der Waals surface area (Å²) in [5, 5.41) is 3.37. The Labute approximate surface area is 103 Å². The number of nitrogens with zero attached hydrogens (tertiary/aromatic N) is 1. The van der Waals surface area contributed by atoms with Crippen LogP contribution in [0.4, 0.5) is 11.5 Å². The van der Waals surface area contributed by atoms with Gasteiger partial charge in [0.2, 0.25) is 0 Å². The lowest BCUT2D eigenvalue weighted by molar-refractivity contribution is 0.0300. The van der Waals surface area contributed by atoms with Crippen LogP contribution in [0.3, 0.4) is 0 Å². The minimum atomic E-state index is 0.288. The summed E-state index contributed by atoms with van der Waals surface area (Å²) in [4.78, 5) is 4.29. The van der Waals surface area contributed by atoms with E-state index in [1.54, 1.807) is 6.20 Å². The lowest BCUT2D eigenvalue weighted by Crippen LogP contribution is -2.33. The first-order valence-corrected chi connectivity index (χ1v) is 6.13. The molecule has 1 saturated heterocycles. The zero-order valence-electron chi connectivity index (χ0n) is 10.6. The maximum absolute atomic E-state index is 5.99. The largest absolute Gasteiger partial charge is 0.396 e. The van der Waals surface area contributed by atoms with Crippen molar-refractivity contribution in [3.63, 3.8) is 0 Å². The molecule has 0 saturated carbocycles. The van der Waals surface area contributed by atoms with Crippen LogP contribution < -0.4 is 11.1 Å². The molecule has 94 valence electrons. The second-order valence-corrected chi connectivity index (χ2v) is 5.17. The Kier molecular flexibility index (Phi) is 3.52. The maximum Gasteiger partial charge on any atom is 0.149 e. The molecule has 0 unspecified atom stereocenters. The predicted molar refractivity (Wildman–Crippen MR) is 70.0 cm³/mol. The monoisotopic (exact) mass is 235 g/mol. The molecule has 0 radical (unpaired) electrons. The van der Waals surface area contributed by atoms with Gasteiger partial charge in [-0.1, -0.05) is 6.92 Å². The van der Waals surface area contributed by atoms with Crippen LogP contribution in [0, 0.1) is 12.3 Å². The molecule has 0 bridgehead atoms. The number of hydrogen-bond donors (Lipinski definition) is 2. The Morgan fingerprint density at radius 3 is 2.88 bits per heavy atom. The highest BCUT2D eigenvalue weighted by Gasteiger charge is 2.27. The summed E-state index contributed by atoms with van der Waals surface area (Å²) < 4.78 is 5.39. The van der Waals surface area contributed by atoms with Gasteiger partial charge in [0, 0.05) is 26.0 Å². The third-order valence-corrected chi connectivity index (χ3v) is 3.59. The summed E-state index contributed by atoms with van der Waals surface area (Å²) in [7, 11) is 0. The first-order chi connectivity index (χ1) is 8.11. The molecule has 1 aliphatic heterocycles. The van der Waals surface area contributed by atoms with Crippen LogP contribution in [0.15, 0.2) is 12.3 Å². The van der Waals surface area contributed by atoms with Crippen LogP contribution in [-0.2, 0) is 4.74 Å². The number of aromatic nitrogens is 1. The Bertz CT molecular complexity index is 386. The van der Waals surface area contributed by atoms with E-state index in [4.69, 9.17) is 10.5 Å². The van der Waals surface area contributed by atoms with Crippen molar-refractivity contribution in [3.8, 4) is 0 Å². The minimum Gasteiger partial charge on any atom is -0.396 e. The zero-order valence-corrected chi connectivity index (χ0v) is 10.6. The lowest BCUT2D eigenvalue weighted by Gasteiger charge is -2.33. The molecule has 0 spiro atoms. The summed E-state index contributed by atoms with van der Waals surface area (Å²) in [6.07, 6.45) is 3.97. The minimum absolute atomic E-state index is 0.288. The highest BCUT2D eigenvalue weighted by Crippen LogP contribution is 2.30. The number of hydrogen-bond acceptors (Lipinski definition) is 4. The van der Waals surface area contributed by atoms with Gasteiger partial charge in [0.15, 0.2) is 0 Å². The summed E-state index contributed by atoms with van der Waals surface area (Å²) in [6, 6.07) is 1.93. The molecule has 2 rings (SSSR count). The van der Waals surface area contributed by atoms with Crippen molar-refractivity contribution in [2.45, 2.75) is 26.7 Å². The molecular formula is C13H21N3O. The molecule has 3 N–H and O–H groups in total. The molecule has 1 aromatic heterocycles. The van der Waals surface area contributed by atoms with Gasteiger partial charge < -0.3 is 15.8 Å². The molecule has 17 heavy (non-hydrogen) atoms. The number of nitrogens with two attached hydrogens (primary N) is 1. The number of nitrogen functional groups attached to an aromatic ring is 1. The smallest absolute Gasteiger partial charge is 0.149 e. The van der Waals surface area contributed by atoms with Crippen molar-refractivity contribution in [2.24, 2.45) is 5.41 Å². The molecule has 4 heteroatoms. The van der Waals surface area contributed by atoms with Gasteiger partial charge in [-0.3, -0.25) is 0 Å². The van der Waals surface area contributed by atoms with E-state index in [1.807, 2.05) is 13.0 Å². The normalized spacial score (nSPS) is 18.9. The van der Waals surface area contributed by atoms with Crippen molar-refractivity contribution >= 4 is 11.5 Å². The molecular weight excluding hydrogens is 214 g/mol. The van der Waals surface area contributed by atoms with Gasteiger partial charge in [-0.05, 0) is 36.8 Å². The van der Waals surface area contributed by atoms with Crippen LogP contribution in [-0.4, -0.2) is 24.7 Å². The number of ether oxygens (including phenoxy) is 1. The summed E-state index contributed by atoms with van der Waals surface area (Å²) >= 11 is 0. The SMILES string of the molecule is Cc1ccnc(NCC2(C)CCOCC2)c1N. The van der Waals surface area contributed by atoms with Gasteiger partial charge in [-0.15, -0.1) is 0 Å². The van der Waals surface area contributed by atoms with E-state index in [0.717, 1.165) is 49.7 Å². The third-order valence-electron chi connectivity index (χ3n) is 3.59. The molecule has 0 aliphatic carbocycles. The fourth-order valence-electron chi connectivity index (χ4n) is 2.05.